The molecule has 0 spiro atoms. The molecule has 1 saturated heterocycles. The number of nitrogens with zero attached hydrogens (tertiary/aromatic N) is 1. The Hall–Kier alpha value is -2.94. The van der Waals surface area contributed by atoms with E-state index in [-0.39, 0.29) is 23.0 Å². The van der Waals surface area contributed by atoms with Crippen LogP contribution in [0.1, 0.15) is 85.6 Å². The summed E-state index contributed by atoms with van der Waals surface area (Å²) in [6.45, 7) is 13.5. The van der Waals surface area contributed by atoms with Gasteiger partial charge in [-0.3, -0.25) is 9.59 Å². The van der Waals surface area contributed by atoms with E-state index in [4.69, 9.17) is 0 Å². The fourth-order valence-corrected chi connectivity index (χ4v) is 6.23. The van der Waals surface area contributed by atoms with Crippen molar-refractivity contribution < 1.29 is 9.59 Å². The number of ketones is 1. The van der Waals surface area contributed by atoms with Crippen LogP contribution in [0.5, 0.6) is 0 Å². The second-order valence-corrected chi connectivity index (χ2v) is 9.95. The van der Waals surface area contributed by atoms with E-state index < -0.39 is 0 Å². The number of benzene rings is 2. The highest BCUT2D eigenvalue weighted by molar-refractivity contribution is 6.09. The molecule has 0 N–H and O–H groups in total. The highest BCUT2D eigenvalue weighted by Gasteiger charge is 2.53. The van der Waals surface area contributed by atoms with Crippen LogP contribution < -0.4 is 0 Å². The summed E-state index contributed by atoms with van der Waals surface area (Å²) in [6.07, 6.45) is 7.73. The molecular weight excluding hydrogens is 418 g/mol. The van der Waals surface area contributed by atoms with Gasteiger partial charge in [-0.15, -0.1) is 0 Å². The van der Waals surface area contributed by atoms with Crippen molar-refractivity contribution >= 4 is 17.8 Å². The summed E-state index contributed by atoms with van der Waals surface area (Å²) in [7, 11) is 0. The van der Waals surface area contributed by atoms with E-state index in [1.54, 1.807) is 6.08 Å². The molecule has 4 rings (SSSR count). The van der Waals surface area contributed by atoms with E-state index in [1.807, 2.05) is 30.0 Å². The lowest BCUT2D eigenvalue weighted by Crippen LogP contribution is -2.38. The van der Waals surface area contributed by atoms with Gasteiger partial charge in [0.25, 0.3) is 5.91 Å². The van der Waals surface area contributed by atoms with Gasteiger partial charge in [0.05, 0.1) is 0 Å². The van der Waals surface area contributed by atoms with Gasteiger partial charge < -0.3 is 4.90 Å². The minimum absolute atomic E-state index is 0.0000638. The average molecular weight is 456 g/mol. The molecule has 0 bridgehead atoms. The van der Waals surface area contributed by atoms with Crippen LogP contribution in [0.4, 0.5) is 0 Å². The Kier molecular flexibility index (Phi) is 6.66. The van der Waals surface area contributed by atoms with Crippen LogP contribution in [-0.4, -0.2) is 23.1 Å². The molecule has 1 aliphatic carbocycles. The Balaban J connectivity index is 1.77. The first-order valence-corrected chi connectivity index (χ1v) is 12.8. The van der Waals surface area contributed by atoms with Gasteiger partial charge in [0.15, 0.2) is 5.78 Å². The maximum Gasteiger partial charge on any atom is 0.253 e. The largest absolute Gasteiger partial charge is 0.311 e. The van der Waals surface area contributed by atoms with Crippen molar-refractivity contribution in [2.45, 2.75) is 72.6 Å². The van der Waals surface area contributed by atoms with Crippen LogP contribution in [-0.2, 0) is 23.1 Å². The van der Waals surface area contributed by atoms with Gasteiger partial charge in [-0.05, 0) is 72.9 Å². The summed E-state index contributed by atoms with van der Waals surface area (Å²) in [5, 5.41) is 0. The molecule has 1 fully saturated rings. The lowest BCUT2D eigenvalue weighted by Gasteiger charge is -2.38. The van der Waals surface area contributed by atoms with E-state index in [1.165, 1.54) is 22.3 Å². The fraction of sp³-hybridized carbons (Fsp3) is 0.419. The minimum Gasteiger partial charge on any atom is -0.311 e. The molecule has 0 saturated carbocycles. The first kappa shape index (κ1) is 24.2. The van der Waals surface area contributed by atoms with Crippen molar-refractivity contribution in [1.82, 2.24) is 4.90 Å². The molecule has 34 heavy (non-hydrogen) atoms. The maximum absolute atomic E-state index is 13.9. The van der Waals surface area contributed by atoms with Gasteiger partial charge >= 0.3 is 0 Å². The zero-order valence-electron chi connectivity index (χ0n) is 21.5. The van der Waals surface area contributed by atoms with Crippen LogP contribution in [0.25, 0.3) is 6.08 Å². The topological polar surface area (TPSA) is 37.4 Å². The van der Waals surface area contributed by atoms with Crippen LogP contribution in [0.15, 0.2) is 53.7 Å². The number of amides is 1. The predicted molar refractivity (Wildman–Crippen MR) is 140 cm³/mol. The van der Waals surface area contributed by atoms with Crippen LogP contribution >= 0.6 is 0 Å². The second kappa shape index (κ2) is 9.37. The summed E-state index contributed by atoms with van der Waals surface area (Å²) in [6, 6.07) is 12.3. The Morgan fingerprint density at radius 3 is 2.56 bits per heavy atom. The first-order chi connectivity index (χ1) is 16.3. The molecule has 2 atom stereocenters. The lowest BCUT2D eigenvalue weighted by molar-refractivity contribution is -0.124. The van der Waals surface area contributed by atoms with E-state index in [0.29, 0.717) is 6.54 Å². The SMILES string of the molecule is CCCc1c(CC)ccc(C)c1/C=C(\C)C(=O)N1C[C@@H](C)[C@@]2(CC)C1=CC(=O)c1ccccc12. The predicted octanol–water partition coefficient (Wildman–Crippen LogP) is 6.82. The number of allylic oxidation sites excluding steroid dienone is 2. The van der Waals surface area contributed by atoms with Gasteiger partial charge in [-0.25, -0.2) is 0 Å². The molecule has 2 aliphatic rings. The summed E-state index contributed by atoms with van der Waals surface area (Å²) < 4.78 is 0. The number of carbonyl (C=O) groups excluding carboxylic acids is 2. The minimum atomic E-state index is -0.300. The molecule has 2 aromatic rings. The summed E-state index contributed by atoms with van der Waals surface area (Å²) >= 11 is 0. The zero-order valence-corrected chi connectivity index (χ0v) is 21.5. The van der Waals surface area contributed by atoms with Crippen molar-refractivity contribution in [2.24, 2.45) is 5.92 Å². The second-order valence-electron chi connectivity index (χ2n) is 9.95. The van der Waals surface area contributed by atoms with Crippen molar-refractivity contribution in [3.8, 4) is 0 Å². The zero-order chi connectivity index (χ0) is 24.6. The van der Waals surface area contributed by atoms with Crippen LogP contribution in [0, 0.1) is 12.8 Å². The number of rotatable bonds is 6. The highest BCUT2D eigenvalue weighted by Crippen LogP contribution is 2.52. The fourth-order valence-electron chi connectivity index (χ4n) is 6.23. The Morgan fingerprint density at radius 2 is 1.88 bits per heavy atom. The molecule has 0 unspecified atom stereocenters. The molecule has 0 aromatic heterocycles. The molecule has 0 radical (unpaired) electrons. The molecule has 1 amide bonds. The smallest absolute Gasteiger partial charge is 0.253 e. The molecule has 3 nitrogen and oxygen atoms in total. The summed E-state index contributed by atoms with van der Waals surface area (Å²) in [4.78, 5) is 28.8. The van der Waals surface area contributed by atoms with Gasteiger partial charge in [0, 0.05) is 34.9 Å². The highest BCUT2D eigenvalue weighted by atomic mass is 16.2. The number of aryl methyl sites for hydroxylation is 2. The molecule has 1 aliphatic heterocycles. The van der Waals surface area contributed by atoms with Crippen LogP contribution in [0.3, 0.4) is 0 Å². The summed E-state index contributed by atoms with van der Waals surface area (Å²) in [5.74, 6) is 0.236. The first-order valence-electron chi connectivity index (χ1n) is 12.8. The van der Waals surface area contributed by atoms with E-state index in [9.17, 15) is 9.59 Å². The number of hydrogen-bond donors (Lipinski definition) is 0. The van der Waals surface area contributed by atoms with Crippen molar-refractivity contribution in [3.63, 3.8) is 0 Å². The third-order valence-electron chi connectivity index (χ3n) is 8.04. The van der Waals surface area contributed by atoms with Crippen LogP contribution in [0.2, 0.25) is 0 Å². The van der Waals surface area contributed by atoms with Gasteiger partial charge in [0.2, 0.25) is 0 Å². The average Bonchev–Trinajstić information content (AvgIpc) is 3.13. The molecule has 1 heterocycles. The third-order valence-corrected chi connectivity index (χ3v) is 8.04. The number of fused-ring (bicyclic) bond motifs is 3. The normalized spacial score (nSPS) is 21.9. The molecule has 178 valence electrons. The molecular formula is C31H37NO2. The molecule has 3 heteroatoms. The van der Waals surface area contributed by atoms with Crippen molar-refractivity contribution in [1.29, 1.82) is 0 Å². The number of carbonyl (C=O) groups is 2. The number of hydrogen-bond acceptors (Lipinski definition) is 2. The monoisotopic (exact) mass is 455 g/mol. The van der Waals surface area contributed by atoms with Crippen molar-refractivity contribution in [2.75, 3.05) is 6.54 Å². The molecule has 2 aromatic carbocycles. The number of likely N-dealkylation sites (tertiary alicyclic amines) is 1. The van der Waals surface area contributed by atoms with Crippen molar-refractivity contribution in [3.05, 3.63) is 87.1 Å². The maximum atomic E-state index is 13.9. The van der Waals surface area contributed by atoms with Gasteiger partial charge in [-0.1, -0.05) is 70.5 Å². The Bertz CT molecular complexity index is 1200. The van der Waals surface area contributed by atoms with Gasteiger partial charge in [-0.2, -0.15) is 0 Å². The standard InChI is InChI=1S/C31H37NO2/c1-7-12-24-23(8-2)16-15-20(4)26(24)17-21(5)30(34)32-19-22(6)31(9-3)27-14-11-10-13-25(27)28(33)18-29(31)32/h10-11,13-18,22H,7-9,12,19H2,1-6H3/b21-17+/t22-,31-/m1/s1. The summed E-state index contributed by atoms with van der Waals surface area (Å²) in [5.41, 5.74) is 8.24. The van der Waals surface area contributed by atoms with E-state index in [0.717, 1.165) is 48.1 Å². The Labute approximate surface area is 204 Å². The quantitative estimate of drug-likeness (QED) is 0.448. The lowest BCUT2D eigenvalue weighted by atomic mass is 9.65. The van der Waals surface area contributed by atoms with E-state index >= 15 is 0 Å². The van der Waals surface area contributed by atoms with Gasteiger partial charge in [0.1, 0.15) is 0 Å². The Morgan fingerprint density at radius 1 is 1.15 bits per heavy atom. The third kappa shape index (κ3) is 3.66. The van der Waals surface area contributed by atoms with E-state index in [2.05, 4.69) is 58.9 Å².